The molecule has 3 aliphatic rings. The maximum atomic E-state index is 10.6. The fraction of sp³-hybridized carbons (Fsp3) is 1.00. The standard InChI is InChI=1S/C18H32O16/c19-1-4-7(22)9(24)12(27)16(30-4)33-15-6(3-21)32-18(14(29)11(15)26)34-17-13(28)10(25)8(23)5(2-20)31-17/h4-29H,1-3H2/t4-,5-,6-,7+,8-,9+,10+,11-,12-,13-,14-,15-,16+,17-,18-/m1/s1. The summed E-state index contributed by atoms with van der Waals surface area (Å²) >= 11 is 0. The first kappa shape index (κ1) is 27.9. The van der Waals surface area contributed by atoms with Gasteiger partial charge in [-0.1, -0.05) is 0 Å². The predicted octanol–water partition coefficient (Wildman–Crippen LogP) is -7.57. The Morgan fingerprint density at radius 3 is 1.18 bits per heavy atom. The molecule has 3 saturated heterocycles. The Bertz CT molecular complexity index is 635. The van der Waals surface area contributed by atoms with Crippen molar-refractivity contribution in [2.24, 2.45) is 0 Å². The third-order valence-electron chi connectivity index (χ3n) is 6.08. The Kier molecular flexibility index (Phi) is 9.54. The first-order valence-electron chi connectivity index (χ1n) is 10.6. The summed E-state index contributed by atoms with van der Waals surface area (Å²) in [5.41, 5.74) is 0. The summed E-state index contributed by atoms with van der Waals surface area (Å²) < 4.78 is 26.5. The topological polar surface area (TPSA) is 269 Å². The summed E-state index contributed by atoms with van der Waals surface area (Å²) in [7, 11) is 0. The molecule has 0 aromatic rings. The van der Waals surface area contributed by atoms with E-state index < -0.39 is 112 Å². The third kappa shape index (κ3) is 5.37. The van der Waals surface area contributed by atoms with Gasteiger partial charge in [0.25, 0.3) is 0 Å². The molecule has 0 unspecified atom stereocenters. The van der Waals surface area contributed by atoms with Crippen molar-refractivity contribution in [3.63, 3.8) is 0 Å². The molecule has 0 aromatic heterocycles. The molecular formula is C18H32O16. The summed E-state index contributed by atoms with van der Waals surface area (Å²) in [4.78, 5) is 0. The van der Waals surface area contributed by atoms with Gasteiger partial charge in [-0.15, -0.1) is 0 Å². The smallest absolute Gasteiger partial charge is 0.189 e. The van der Waals surface area contributed by atoms with E-state index >= 15 is 0 Å². The van der Waals surface area contributed by atoms with Crippen LogP contribution in [0, 0.1) is 0 Å². The normalized spacial score (nSPS) is 52.5. The average Bonchev–Trinajstić information content (AvgIpc) is 2.83. The van der Waals surface area contributed by atoms with Crippen LogP contribution in [0.1, 0.15) is 0 Å². The van der Waals surface area contributed by atoms with Crippen LogP contribution in [-0.4, -0.2) is 168 Å². The molecule has 0 amide bonds. The van der Waals surface area contributed by atoms with Gasteiger partial charge in [0, 0.05) is 0 Å². The summed E-state index contributed by atoms with van der Waals surface area (Å²) in [6, 6.07) is 0. The minimum atomic E-state index is -1.91. The molecule has 34 heavy (non-hydrogen) atoms. The second-order valence-electron chi connectivity index (χ2n) is 8.34. The lowest BCUT2D eigenvalue weighted by molar-refractivity contribution is -0.391. The largest absolute Gasteiger partial charge is 0.394 e. The molecule has 0 saturated carbocycles. The molecule has 0 aromatic carbocycles. The van der Waals surface area contributed by atoms with E-state index in [1.165, 1.54) is 0 Å². The highest BCUT2D eigenvalue weighted by molar-refractivity contribution is 4.95. The molecule has 0 aliphatic carbocycles. The van der Waals surface area contributed by atoms with Gasteiger partial charge in [0.15, 0.2) is 18.9 Å². The van der Waals surface area contributed by atoms with Crippen LogP contribution in [0.15, 0.2) is 0 Å². The van der Waals surface area contributed by atoms with Crippen LogP contribution in [0.5, 0.6) is 0 Å². The summed E-state index contributed by atoms with van der Waals surface area (Å²) in [6.07, 6.45) is -25.1. The molecule has 200 valence electrons. The fourth-order valence-electron chi connectivity index (χ4n) is 3.98. The molecule has 16 nitrogen and oxygen atoms in total. The van der Waals surface area contributed by atoms with Crippen molar-refractivity contribution in [1.29, 1.82) is 0 Å². The summed E-state index contributed by atoms with van der Waals surface area (Å²) in [5.74, 6) is 0. The van der Waals surface area contributed by atoms with E-state index in [0.29, 0.717) is 0 Å². The van der Waals surface area contributed by atoms with Crippen molar-refractivity contribution in [2.75, 3.05) is 19.8 Å². The Morgan fingerprint density at radius 2 is 0.765 bits per heavy atom. The van der Waals surface area contributed by atoms with Gasteiger partial charge in [-0.3, -0.25) is 0 Å². The maximum absolute atomic E-state index is 10.6. The van der Waals surface area contributed by atoms with Gasteiger partial charge in [-0.05, 0) is 0 Å². The zero-order valence-electron chi connectivity index (χ0n) is 17.7. The van der Waals surface area contributed by atoms with Crippen LogP contribution < -0.4 is 0 Å². The van der Waals surface area contributed by atoms with Gasteiger partial charge >= 0.3 is 0 Å². The van der Waals surface area contributed by atoms with Crippen LogP contribution in [0.25, 0.3) is 0 Å². The Morgan fingerprint density at radius 1 is 0.412 bits per heavy atom. The second kappa shape index (κ2) is 11.6. The van der Waals surface area contributed by atoms with Crippen molar-refractivity contribution < 1.29 is 79.9 Å². The zero-order chi connectivity index (χ0) is 25.3. The SMILES string of the molecule is OC[C@H]1O[C@@H](O[C@H]2[C@H](O)[C@@H](O)[C@@H](O[C@H]3O[C@H](CO)[C@@H](O)[C@H](O)[C@H]3O)O[C@@H]2CO)[C@H](O)[C@@H](O)[C@H]1O. The highest BCUT2D eigenvalue weighted by Crippen LogP contribution is 2.31. The van der Waals surface area contributed by atoms with Gasteiger partial charge in [0.1, 0.15) is 73.2 Å². The van der Waals surface area contributed by atoms with Crippen molar-refractivity contribution in [1.82, 2.24) is 0 Å². The van der Waals surface area contributed by atoms with E-state index in [1.807, 2.05) is 0 Å². The minimum Gasteiger partial charge on any atom is -0.394 e. The maximum Gasteiger partial charge on any atom is 0.189 e. The molecule has 11 N–H and O–H groups in total. The van der Waals surface area contributed by atoms with E-state index in [9.17, 15) is 56.2 Å². The lowest BCUT2D eigenvalue weighted by Crippen LogP contribution is -2.66. The average molecular weight is 504 g/mol. The number of aliphatic hydroxyl groups excluding tert-OH is 11. The molecule has 0 bridgehead atoms. The van der Waals surface area contributed by atoms with Crippen molar-refractivity contribution >= 4 is 0 Å². The zero-order valence-corrected chi connectivity index (χ0v) is 17.7. The first-order chi connectivity index (χ1) is 16.0. The quantitative estimate of drug-likeness (QED) is 0.154. The van der Waals surface area contributed by atoms with E-state index in [1.54, 1.807) is 0 Å². The molecule has 3 fully saturated rings. The fourth-order valence-corrected chi connectivity index (χ4v) is 3.98. The van der Waals surface area contributed by atoms with E-state index in [0.717, 1.165) is 0 Å². The Labute approximate surface area is 192 Å². The molecule has 3 rings (SSSR count). The molecule has 3 heterocycles. The molecule has 15 atom stereocenters. The predicted molar refractivity (Wildman–Crippen MR) is 101 cm³/mol. The Hall–Kier alpha value is -0.640. The van der Waals surface area contributed by atoms with Gasteiger partial charge in [0.2, 0.25) is 0 Å². The van der Waals surface area contributed by atoms with Crippen LogP contribution >= 0.6 is 0 Å². The minimum absolute atomic E-state index is 0.740. The van der Waals surface area contributed by atoms with Gasteiger partial charge < -0.3 is 79.9 Å². The lowest BCUT2D eigenvalue weighted by atomic mass is 9.96. The van der Waals surface area contributed by atoms with Crippen LogP contribution in [0.2, 0.25) is 0 Å². The Balaban J connectivity index is 1.69. The van der Waals surface area contributed by atoms with Crippen LogP contribution in [0.4, 0.5) is 0 Å². The van der Waals surface area contributed by atoms with E-state index in [-0.39, 0.29) is 0 Å². The van der Waals surface area contributed by atoms with Gasteiger partial charge in [-0.2, -0.15) is 0 Å². The highest BCUT2D eigenvalue weighted by Gasteiger charge is 2.52. The number of rotatable bonds is 7. The molecular weight excluding hydrogens is 472 g/mol. The molecule has 3 aliphatic heterocycles. The first-order valence-corrected chi connectivity index (χ1v) is 10.6. The van der Waals surface area contributed by atoms with Crippen LogP contribution in [0.3, 0.4) is 0 Å². The van der Waals surface area contributed by atoms with Gasteiger partial charge in [0.05, 0.1) is 19.8 Å². The highest BCUT2D eigenvalue weighted by atomic mass is 16.8. The summed E-state index contributed by atoms with van der Waals surface area (Å²) in [6.45, 7) is -2.30. The molecule has 0 radical (unpaired) electrons. The van der Waals surface area contributed by atoms with Crippen molar-refractivity contribution in [3.8, 4) is 0 Å². The number of ether oxygens (including phenoxy) is 5. The van der Waals surface area contributed by atoms with Crippen molar-refractivity contribution in [2.45, 2.75) is 92.1 Å². The molecule has 16 heteroatoms. The van der Waals surface area contributed by atoms with Gasteiger partial charge in [-0.25, -0.2) is 0 Å². The van der Waals surface area contributed by atoms with Crippen LogP contribution in [-0.2, 0) is 23.7 Å². The van der Waals surface area contributed by atoms with E-state index in [2.05, 4.69) is 0 Å². The molecule has 0 spiro atoms. The summed E-state index contributed by atoms with van der Waals surface area (Å²) in [5, 5.41) is 109. The van der Waals surface area contributed by atoms with E-state index in [4.69, 9.17) is 23.7 Å². The third-order valence-corrected chi connectivity index (χ3v) is 6.08. The number of hydrogen-bond donors (Lipinski definition) is 11. The number of hydrogen-bond acceptors (Lipinski definition) is 16. The second-order valence-corrected chi connectivity index (χ2v) is 8.34. The lowest BCUT2D eigenvalue weighted by Gasteiger charge is -2.47. The van der Waals surface area contributed by atoms with Crippen molar-refractivity contribution in [3.05, 3.63) is 0 Å². The monoisotopic (exact) mass is 504 g/mol. The number of aliphatic hydroxyl groups is 11.